The number of rotatable bonds is 2. The van der Waals surface area contributed by atoms with Crippen molar-refractivity contribution in [3.63, 3.8) is 0 Å². The monoisotopic (exact) mass is 298 g/mol. The molecular weight excluding hydrogens is 280 g/mol. The summed E-state index contributed by atoms with van der Waals surface area (Å²) >= 11 is 6.13. The minimum absolute atomic E-state index is 0.396. The SMILES string of the molecule is CN1Cc2ccccc2C(C)(c2ccccc2)N=C1CCl. The van der Waals surface area contributed by atoms with Crippen LogP contribution < -0.4 is 0 Å². The lowest BCUT2D eigenvalue weighted by Gasteiger charge is -2.27. The third kappa shape index (κ3) is 2.44. The molecular formula is C18H19ClN2. The Morgan fingerprint density at radius 2 is 1.76 bits per heavy atom. The van der Waals surface area contributed by atoms with Crippen molar-refractivity contribution in [1.82, 2.24) is 4.90 Å². The van der Waals surface area contributed by atoms with Crippen molar-refractivity contribution in [1.29, 1.82) is 0 Å². The Labute approximate surface area is 131 Å². The fraction of sp³-hybridized carbons (Fsp3) is 0.278. The highest BCUT2D eigenvalue weighted by Gasteiger charge is 2.33. The van der Waals surface area contributed by atoms with Gasteiger partial charge in [0.25, 0.3) is 0 Å². The molecule has 2 aromatic carbocycles. The topological polar surface area (TPSA) is 15.6 Å². The number of alkyl halides is 1. The molecule has 0 aliphatic carbocycles. The molecule has 0 radical (unpaired) electrons. The Morgan fingerprint density at radius 3 is 2.48 bits per heavy atom. The molecule has 2 nitrogen and oxygen atoms in total. The molecule has 1 atom stereocenters. The summed E-state index contributed by atoms with van der Waals surface area (Å²) in [6.07, 6.45) is 0. The quantitative estimate of drug-likeness (QED) is 0.764. The molecule has 21 heavy (non-hydrogen) atoms. The van der Waals surface area contributed by atoms with Crippen molar-refractivity contribution in [2.24, 2.45) is 4.99 Å². The summed E-state index contributed by atoms with van der Waals surface area (Å²) in [6.45, 7) is 3.01. The van der Waals surface area contributed by atoms with E-state index < -0.39 is 5.54 Å². The summed E-state index contributed by atoms with van der Waals surface area (Å²) < 4.78 is 0. The molecule has 3 heteroatoms. The highest BCUT2D eigenvalue weighted by Crippen LogP contribution is 2.38. The first kappa shape index (κ1) is 14.2. The van der Waals surface area contributed by atoms with Crippen LogP contribution in [0.4, 0.5) is 0 Å². The predicted molar refractivity (Wildman–Crippen MR) is 89.0 cm³/mol. The van der Waals surface area contributed by atoms with Gasteiger partial charge in [0.2, 0.25) is 0 Å². The van der Waals surface area contributed by atoms with Crippen LogP contribution in [0, 0.1) is 0 Å². The van der Waals surface area contributed by atoms with Crippen LogP contribution in [-0.4, -0.2) is 23.7 Å². The zero-order valence-corrected chi connectivity index (χ0v) is 13.1. The van der Waals surface area contributed by atoms with Crippen LogP contribution >= 0.6 is 11.6 Å². The molecule has 1 aliphatic heterocycles. The maximum Gasteiger partial charge on any atom is 0.115 e. The van der Waals surface area contributed by atoms with E-state index in [1.165, 1.54) is 16.7 Å². The van der Waals surface area contributed by atoms with Gasteiger partial charge < -0.3 is 4.90 Å². The van der Waals surface area contributed by atoms with Gasteiger partial charge >= 0.3 is 0 Å². The van der Waals surface area contributed by atoms with E-state index in [2.05, 4.69) is 67.4 Å². The van der Waals surface area contributed by atoms with Gasteiger partial charge in [-0.1, -0.05) is 54.6 Å². The van der Waals surface area contributed by atoms with Gasteiger partial charge in [-0.15, -0.1) is 11.6 Å². The van der Waals surface area contributed by atoms with Crippen molar-refractivity contribution >= 4 is 17.4 Å². The fourth-order valence-electron chi connectivity index (χ4n) is 3.00. The number of hydrogen-bond donors (Lipinski definition) is 0. The summed E-state index contributed by atoms with van der Waals surface area (Å²) in [4.78, 5) is 7.17. The Hall–Kier alpha value is -1.80. The van der Waals surface area contributed by atoms with E-state index in [0.29, 0.717) is 5.88 Å². The van der Waals surface area contributed by atoms with E-state index in [-0.39, 0.29) is 0 Å². The molecule has 0 bridgehead atoms. The Bertz CT molecular complexity index is 666. The molecule has 0 aromatic heterocycles. The third-order valence-electron chi connectivity index (χ3n) is 4.20. The van der Waals surface area contributed by atoms with Crippen molar-refractivity contribution in [3.05, 3.63) is 71.3 Å². The lowest BCUT2D eigenvalue weighted by atomic mass is 9.83. The second-order valence-electron chi connectivity index (χ2n) is 5.61. The minimum Gasteiger partial charge on any atom is -0.358 e. The van der Waals surface area contributed by atoms with E-state index in [4.69, 9.17) is 16.6 Å². The molecule has 0 saturated carbocycles. The van der Waals surface area contributed by atoms with Crippen LogP contribution in [-0.2, 0) is 12.1 Å². The average Bonchev–Trinajstić information content (AvgIpc) is 2.64. The number of hydrogen-bond acceptors (Lipinski definition) is 2. The van der Waals surface area contributed by atoms with Crippen molar-refractivity contribution in [2.75, 3.05) is 12.9 Å². The van der Waals surface area contributed by atoms with E-state index in [0.717, 1.165) is 12.4 Å². The van der Waals surface area contributed by atoms with E-state index in [9.17, 15) is 0 Å². The molecule has 0 saturated heterocycles. The maximum atomic E-state index is 6.13. The molecule has 0 N–H and O–H groups in total. The first-order chi connectivity index (χ1) is 10.1. The fourth-order valence-corrected chi connectivity index (χ4v) is 3.26. The van der Waals surface area contributed by atoms with Gasteiger partial charge in [0, 0.05) is 13.6 Å². The van der Waals surface area contributed by atoms with Crippen LogP contribution in [0.3, 0.4) is 0 Å². The third-order valence-corrected chi connectivity index (χ3v) is 4.44. The van der Waals surface area contributed by atoms with Gasteiger partial charge in [-0.05, 0) is 23.6 Å². The number of halogens is 1. The molecule has 0 fully saturated rings. The smallest absolute Gasteiger partial charge is 0.115 e. The molecule has 1 heterocycles. The summed E-state index contributed by atoms with van der Waals surface area (Å²) in [5, 5.41) is 0. The van der Waals surface area contributed by atoms with Gasteiger partial charge in [0.1, 0.15) is 11.4 Å². The average molecular weight is 299 g/mol. The predicted octanol–water partition coefficient (Wildman–Crippen LogP) is 4.03. The molecule has 1 unspecified atom stereocenters. The molecule has 108 valence electrons. The van der Waals surface area contributed by atoms with E-state index in [1.807, 2.05) is 6.07 Å². The van der Waals surface area contributed by atoms with Crippen LogP contribution in [0.25, 0.3) is 0 Å². The van der Waals surface area contributed by atoms with Crippen molar-refractivity contribution in [2.45, 2.75) is 19.0 Å². The second-order valence-corrected chi connectivity index (χ2v) is 5.88. The highest BCUT2D eigenvalue weighted by molar-refractivity contribution is 6.28. The molecule has 3 rings (SSSR count). The van der Waals surface area contributed by atoms with E-state index >= 15 is 0 Å². The van der Waals surface area contributed by atoms with Gasteiger partial charge in [0.05, 0.1) is 5.88 Å². The summed E-state index contributed by atoms with van der Waals surface area (Å²) in [6, 6.07) is 19.0. The highest BCUT2D eigenvalue weighted by atomic mass is 35.5. The van der Waals surface area contributed by atoms with Crippen LogP contribution in [0.15, 0.2) is 59.6 Å². The molecule has 2 aromatic rings. The minimum atomic E-state index is -0.396. The first-order valence-corrected chi connectivity index (χ1v) is 7.68. The number of fused-ring (bicyclic) bond motifs is 1. The van der Waals surface area contributed by atoms with Gasteiger partial charge in [-0.25, -0.2) is 0 Å². The molecule has 0 spiro atoms. The second kappa shape index (κ2) is 5.53. The van der Waals surface area contributed by atoms with Crippen molar-refractivity contribution in [3.8, 4) is 0 Å². The van der Waals surface area contributed by atoms with Crippen LogP contribution in [0.1, 0.15) is 23.6 Å². The number of aliphatic imine (C=N–C) groups is 1. The lowest BCUT2D eigenvalue weighted by molar-refractivity contribution is 0.500. The standard InChI is InChI=1S/C18H19ClN2/c1-18(15-9-4-3-5-10-15)16-11-7-6-8-14(16)13-21(2)17(12-19)20-18/h3-11H,12-13H2,1-2H3. The van der Waals surface area contributed by atoms with Gasteiger partial charge in [0.15, 0.2) is 0 Å². The number of benzene rings is 2. The number of nitrogens with zero attached hydrogens (tertiary/aromatic N) is 2. The maximum absolute atomic E-state index is 6.13. The Balaban J connectivity index is 2.26. The summed E-state index contributed by atoms with van der Waals surface area (Å²) in [7, 11) is 2.05. The van der Waals surface area contributed by atoms with Gasteiger partial charge in [-0.3, -0.25) is 4.99 Å². The Morgan fingerprint density at radius 1 is 1.10 bits per heavy atom. The lowest BCUT2D eigenvalue weighted by Crippen LogP contribution is -2.28. The zero-order chi connectivity index (χ0) is 14.9. The largest absolute Gasteiger partial charge is 0.358 e. The van der Waals surface area contributed by atoms with Gasteiger partial charge in [-0.2, -0.15) is 0 Å². The first-order valence-electron chi connectivity index (χ1n) is 7.15. The van der Waals surface area contributed by atoms with E-state index in [1.54, 1.807) is 0 Å². The Kier molecular flexibility index (Phi) is 3.73. The summed E-state index contributed by atoms with van der Waals surface area (Å²) in [5.41, 5.74) is 3.35. The summed E-state index contributed by atoms with van der Waals surface area (Å²) in [5.74, 6) is 1.35. The molecule has 1 aliphatic rings. The zero-order valence-electron chi connectivity index (χ0n) is 12.4. The molecule has 0 amide bonds. The van der Waals surface area contributed by atoms with Crippen LogP contribution in [0.5, 0.6) is 0 Å². The van der Waals surface area contributed by atoms with Crippen LogP contribution in [0.2, 0.25) is 0 Å². The normalized spacial score (nSPS) is 21.5. The number of amidine groups is 1. The van der Waals surface area contributed by atoms with Crippen molar-refractivity contribution < 1.29 is 0 Å².